The van der Waals surface area contributed by atoms with Gasteiger partial charge in [-0.25, -0.2) is 0 Å². The number of unbranched alkanes of at least 4 members (excludes halogenated alkanes) is 1. The maximum absolute atomic E-state index is 14.2. The molecule has 1 saturated heterocycles. The first kappa shape index (κ1) is 27.7. The summed E-state index contributed by atoms with van der Waals surface area (Å²) in [7, 11) is 0. The predicted octanol–water partition coefficient (Wildman–Crippen LogP) is 4.18. The number of esters is 1. The SMILES string of the molecule is CCOC(=O)[C@@H](N)CCCCN1C(=O)C2C3(C)C(c4ccccc4)=C(c4ccccc4)C(C)(C3O)C2(Br)C1=O. The highest BCUT2D eigenvalue weighted by Gasteiger charge is 2.85. The number of nitrogens with two attached hydrogens (primary N) is 1. The summed E-state index contributed by atoms with van der Waals surface area (Å²) in [6.07, 6.45) is 0.527. The van der Waals surface area contributed by atoms with E-state index in [9.17, 15) is 19.5 Å². The van der Waals surface area contributed by atoms with Crippen LogP contribution in [-0.2, 0) is 19.1 Å². The number of fused-ring (bicyclic) bond motifs is 5. The molecule has 0 aromatic heterocycles. The minimum atomic E-state index is -1.30. The Morgan fingerprint density at radius 1 is 1.03 bits per heavy atom. The fraction of sp³-hybridized carbons (Fsp3) is 0.452. The normalized spacial score (nSPS) is 32.1. The van der Waals surface area contributed by atoms with Crippen LogP contribution in [0.1, 0.15) is 51.2 Å². The fourth-order valence-corrected chi connectivity index (χ4v) is 8.65. The lowest BCUT2D eigenvalue weighted by Crippen LogP contribution is -2.51. The minimum Gasteiger partial charge on any atom is -0.465 e. The Hall–Kier alpha value is -2.81. The molecule has 2 amide bonds. The van der Waals surface area contributed by atoms with Crippen LogP contribution in [0.5, 0.6) is 0 Å². The van der Waals surface area contributed by atoms with Gasteiger partial charge in [0, 0.05) is 17.4 Å². The molecule has 1 heterocycles. The Kier molecular flexibility index (Phi) is 7.10. The zero-order valence-electron chi connectivity index (χ0n) is 22.5. The summed E-state index contributed by atoms with van der Waals surface area (Å²) < 4.78 is 3.67. The van der Waals surface area contributed by atoms with Gasteiger partial charge < -0.3 is 15.6 Å². The first-order valence-corrected chi connectivity index (χ1v) is 14.4. The Labute approximate surface area is 237 Å². The van der Waals surface area contributed by atoms with Gasteiger partial charge in [-0.2, -0.15) is 0 Å². The summed E-state index contributed by atoms with van der Waals surface area (Å²) in [5.41, 5.74) is 7.51. The molecule has 3 N–H and O–H groups in total. The first-order chi connectivity index (χ1) is 18.6. The van der Waals surface area contributed by atoms with Gasteiger partial charge in [0.25, 0.3) is 0 Å². The van der Waals surface area contributed by atoms with Crippen LogP contribution in [0.25, 0.3) is 11.1 Å². The lowest BCUT2D eigenvalue weighted by Gasteiger charge is -2.42. The lowest BCUT2D eigenvalue weighted by atomic mass is 9.63. The van der Waals surface area contributed by atoms with E-state index in [4.69, 9.17) is 10.5 Å². The summed E-state index contributed by atoms with van der Waals surface area (Å²) >= 11 is 3.83. The number of nitrogens with zero attached hydrogens (tertiary/aromatic N) is 1. The van der Waals surface area contributed by atoms with Gasteiger partial charge in [0.05, 0.1) is 18.6 Å². The lowest BCUT2D eigenvalue weighted by molar-refractivity contribution is -0.145. The number of likely N-dealkylation sites (tertiary alicyclic amines) is 1. The Balaban J connectivity index is 1.52. The third kappa shape index (κ3) is 3.71. The van der Waals surface area contributed by atoms with E-state index in [-0.39, 0.29) is 25.0 Å². The van der Waals surface area contributed by atoms with E-state index >= 15 is 0 Å². The summed E-state index contributed by atoms with van der Waals surface area (Å²) in [4.78, 5) is 41.4. The number of benzene rings is 2. The molecule has 2 bridgehead atoms. The van der Waals surface area contributed by atoms with Crippen LogP contribution in [0, 0.1) is 16.7 Å². The number of halogens is 1. The molecule has 5 unspecified atom stereocenters. The van der Waals surface area contributed by atoms with Crippen LogP contribution < -0.4 is 5.73 Å². The fourth-order valence-electron chi connectivity index (χ4n) is 7.35. The average Bonchev–Trinajstić information content (AvgIpc) is 3.31. The second-order valence-electron chi connectivity index (χ2n) is 11.2. The summed E-state index contributed by atoms with van der Waals surface area (Å²) in [5.74, 6) is -1.82. The maximum atomic E-state index is 14.2. The Morgan fingerprint density at radius 3 is 2.15 bits per heavy atom. The van der Waals surface area contributed by atoms with Gasteiger partial charge in [-0.05, 0) is 48.5 Å². The van der Waals surface area contributed by atoms with Crippen LogP contribution in [0.3, 0.4) is 0 Å². The molecular formula is C31H35BrN2O5. The molecule has 2 fully saturated rings. The predicted molar refractivity (Wildman–Crippen MR) is 152 cm³/mol. The van der Waals surface area contributed by atoms with Crippen LogP contribution in [0.2, 0.25) is 0 Å². The van der Waals surface area contributed by atoms with Gasteiger partial charge >= 0.3 is 5.97 Å². The maximum Gasteiger partial charge on any atom is 0.322 e. The van der Waals surface area contributed by atoms with Crippen molar-refractivity contribution in [1.82, 2.24) is 4.90 Å². The molecule has 0 spiro atoms. The summed E-state index contributed by atoms with van der Waals surface area (Å²) in [6.45, 7) is 6.06. The number of carbonyl (C=O) groups is 3. The number of alkyl halides is 1. The molecule has 5 rings (SSSR count). The molecular weight excluding hydrogens is 560 g/mol. The molecule has 1 aliphatic heterocycles. The van der Waals surface area contributed by atoms with Gasteiger partial charge in [-0.1, -0.05) is 90.4 Å². The second kappa shape index (κ2) is 9.98. The molecule has 3 aliphatic rings. The van der Waals surface area contributed by atoms with Gasteiger partial charge in [0.2, 0.25) is 11.8 Å². The van der Waals surface area contributed by atoms with E-state index in [2.05, 4.69) is 15.9 Å². The van der Waals surface area contributed by atoms with Gasteiger partial charge in [0.15, 0.2) is 0 Å². The van der Waals surface area contributed by atoms with Crippen LogP contribution >= 0.6 is 15.9 Å². The molecule has 2 aliphatic carbocycles. The highest BCUT2D eigenvalue weighted by Crippen LogP contribution is 2.79. The van der Waals surface area contributed by atoms with E-state index in [1.165, 1.54) is 4.90 Å². The zero-order valence-corrected chi connectivity index (χ0v) is 24.1. The number of rotatable bonds is 9. The highest BCUT2D eigenvalue weighted by molar-refractivity contribution is 9.10. The minimum absolute atomic E-state index is 0.223. The molecule has 7 nitrogen and oxygen atoms in total. The average molecular weight is 596 g/mol. The first-order valence-electron chi connectivity index (χ1n) is 13.6. The second-order valence-corrected chi connectivity index (χ2v) is 12.4. The van der Waals surface area contributed by atoms with Crippen LogP contribution in [0.15, 0.2) is 60.7 Å². The van der Waals surface area contributed by atoms with Crippen LogP contribution in [-0.4, -0.2) is 57.4 Å². The van der Waals surface area contributed by atoms with Crippen molar-refractivity contribution in [2.24, 2.45) is 22.5 Å². The number of amides is 2. The third-order valence-electron chi connectivity index (χ3n) is 9.11. The third-order valence-corrected chi connectivity index (χ3v) is 10.7. The topological polar surface area (TPSA) is 110 Å². The number of carbonyl (C=O) groups excluding carboxylic acids is 3. The molecule has 2 aromatic carbocycles. The van der Waals surface area contributed by atoms with Crippen molar-refractivity contribution in [1.29, 1.82) is 0 Å². The molecule has 206 valence electrons. The Morgan fingerprint density at radius 2 is 1.59 bits per heavy atom. The van der Waals surface area contributed by atoms with Crippen molar-refractivity contribution in [3.63, 3.8) is 0 Å². The van der Waals surface area contributed by atoms with Gasteiger partial charge in [-0.3, -0.25) is 19.3 Å². The van der Waals surface area contributed by atoms with Crippen molar-refractivity contribution in [3.05, 3.63) is 71.8 Å². The quantitative estimate of drug-likeness (QED) is 0.195. The zero-order chi connectivity index (χ0) is 28.2. The van der Waals surface area contributed by atoms with Crippen molar-refractivity contribution in [3.8, 4) is 0 Å². The van der Waals surface area contributed by atoms with E-state index in [0.29, 0.717) is 19.3 Å². The molecule has 0 radical (unpaired) electrons. The number of aliphatic hydroxyl groups is 1. The monoisotopic (exact) mass is 594 g/mol. The standard InChI is InChI=1S/C31H35BrN2O5/c1-4-39-26(36)21(33)17-11-12-18-34-25(35)24-29(2)22(19-13-7-5-8-14-19)23(20-15-9-6-10-16-20)30(3,27(29)37)31(24,32)28(34)38/h5-10,13-16,21,24,27,37H,4,11-12,17-18,33H2,1-3H3/t21-,24?,27?,29?,30?,31?/m0/s1. The van der Waals surface area contributed by atoms with Crippen molar-refractivity contribution >= 4 is 44.9 Å². The number of hydrogen-bond donors (Lipinski definition) is 2. The summed E-state index contributed by atoms with van der Waals surface area (Å²) in [6, 6.07) is 18.9. The van der Waals surface area contributed by atoms with Crippen molar-refractivity contribution in [2.75, 3.05) is 13.2 Å². The molecule has 8 heteroatoms. The van der Waals surface area contributed by atoms with Crippen LogP contribution in [0.4, 0.5) is 0 Å². The van der Waals surface area contributed by atoms with Gasteiger partial charge in [-0.15, -0.1) is 0 Å². The van der Waals surface area contributed by atoms with E-state index in [1.807, 2.05) is 74.5 Å². The van der Waals surface area contributed by atoms with E-state index < -0.39 is 39.2 Å². The number of ether oxygens (including phenoxy) is 1. The largest absolute Gasteiger partial charge is 0.465 e. The van der Waals surface area contributed by atoms with Crippen molar-refractivity contribution < 1.29 is 24.2 Å². The molecule has 39 heavy (non-hydrogen) atoms. The molecule has 1 saturated carbocycles. The molecule has 6 atom stereocenters. The highest BCUT2D eigenvalue weighted by atomic mass is 79.9. The number of aliphatic hydroxyl groups excluding tert-OH is 1. The number of imide groups is 1. The smallest absolute Gasteiger partial charge is 0.322 e. The van der Waals surface area contributed by atoms with Gasteiger partial charge in [0.1, 0.15) is 10.4 Å². The number of hydrogen-bond acceptors (Lipinski definition) is 6. The van der Waals surface area contributed by atoms with Crippen molar-refractivity contribution in [2.45, 2.75) is 56.5 Å². The molecule has 2 aromatic rings. The van der Waals surface area contributed by atoms with E-state index in [0.717, 1.165) is 22.3 Å². The Bertz CT molecular complexity index is 1330. The van der Waals surface area contributed by atoms with E-state index in [1.54, 1.807) is 6.92 Å². The summed E-state index contributed by atoms with van der Waals surface area (Å²) in [5, 5.41) is 12.0.